The highest BCUT2D eigenvalue weighted by molar-refractivity contribution is 7.20. The molecule has 0 fully saturated rings. The lowest BCUT2D eigenvalue weighted by Crippen LogP contribution is -2.11. The van der Waals surface area contributed by atoms with Crippen molar-refractivity contribution >= 4 is 56.4 Å². The lowest BCUT2D eigenvalue weighted by molar-refractivity contribution is -0.114. The van der Waals surface area contributed by atoms with Crippen LogP contribution in [0.3, 0.4) is 0 Å². The van der Waals surface area contributed by atoms with Crippen molar-refractivity contribution in [3.05, 3.63) is 92.9 Å². The summed E-state index contributed by atoms with van der Waals surface area (Å²) >= 11 is 3.46. The molecule has 0 saturated heterocycles. The molecule has 0 atom stereocenters. The average Bonchev–Trinajstić information content (AvgIpc) is 3.56. The van der Waals surface area contributed by atoms with E-state index in [4.69, 9.17) is 11.1 Å². The van der Waals surface area contributed by atoms with Crippen LogP contribution in [0.2, 0.25) is 0 Å². The first-order chi connectivity index (χ1) is 17.8. The van der Waals surface area contributed by atoms with Gasteiger partial charge in [-0.2, -0.15) is 11.3 Å². The van der Waals surface area contributed by atoms with Crippen molar-refractivity contribution in [2.45, 2.75) is 47.5 Å². The average molecular weight is 534 g/mol. The summed E-state index contributed by atoms with van der Waals surface area (Å²) in [5.74, 6) is 0.232. The van der Waals surface area contributed by atoms with Gasteiger partial charge in [0.15, 0.2) is 0 Å². The number of nitrogens with zero attached hydrogens (tertiary/aromatic N) is 2. The molecular weight excluding hydrogens is 498 g/mol. The molecule has 1 aromatic carbocycles. The Morgan fingerprint density at radius 2 is 1.73 bits per heavy atom. The highest BCUT2D eigenvalue weighted by Gasteiger charge is 2.08. The number of aromatic nitrogens is 2. The van der Waals surface area contributed by atoms with Gasteiger partial charge in [-0.3, -0.25) is 10.1 Å². The molecule has 3 heterocycles. The van der Waals surface area contributed by atoms with E-state index in [2.05, 4.69) is 58.6 Å². The van der Waals surface area contributed by atoms with E-state index in [1.807, 2.05) is 49.7 Å². The molecule has 0 saturated carbocycles. The first kappa shape index (κ1) is 29.6. The summed E-state index contributed by atoms with van der Waals surface area (Å²) in [4.78, 5) is 20.2. The Morgan fingerprint density at radius 3 is 2.24 bits per heavy atom. The lowest BCUT2D eigenvalue weighted by atomic mass is 10.1. The molecule has 0 aliphatic rings. The molecule has 6 nitrogen and oxygen atoms in total. The standard InChI is InChI=1S/C16H18N2S.C9H13N3O.C4H4S/c1-2-3-7-13(14(18)9-10-17)16-11-12-6-4-5-8-15(12)19-16;1-5-6(2)10-9(11-7(5)3)12-8(4)13;1-2-4-5-3-1/h3-8,10-11,17H,2,9,18H2,1H3;1-4H3,(H,10,11,12,13);1-4H/b7-3-,14-13-,17-10?;;. The minimum atomic E-state index is -0.150. The topological polar surface area (TPSA) is 105 Å². The van der Waals surface area contributed by atoms with Crippen LogP contribution in [0.15, 0.2) is 71.1 Å². The molecule has 0 aliphatic heterocycles. The number of carbonyl (C=O) groups is 1. The third-order valence-electron chi connectivity index (χ3n) is 5.22. The number of aryl methyl sites for hydroxylation is 2. The van der Waals surface area contributed by atoms with E-state index >= 15 is 0 Å². The fraction of sp³-hybridized carbons (Fsp3) is 0.241. The summed E-state index contributed by atoms with van der Waals surface area (Å²) in [5, 5.41) is 15.1. The number of nitrogens with one attached hydrogen (secondary N) is 2. The molecule has 4 aromatic rings. The lowest BCUT2D eigenvalue weighted by Gasteiger charge is -2.06. The van der Waals surface area contributed by atoms with Gasteiger partial charge in [-0.05, 0) is 61.0 Å². The van der Waals surface area contributed by atoms with E-state index < -0.39 is 0 Å². The number of allylic oxidation sites excluding steroid dienone is 4. The van der Waals surface area contributed by atoms with Crippen molar-refractivity contribution in [1.29, 1.82) is 5.41 Å². The second kappa shape index (κ2) is 15.5. The van der Waals surface area contributed by atoms with Crippen LogP contribution in [0, 0.1) is 26.2 Å². The van der Waals surface area contributed by atoms with Crippen molar-refractivity contribution in [3.8, 4) is 0 Å². The summed E-state index contributed by atoms with van der Waals surface area (Å²) in [6.45, 7) is 9.30. The molecule has 0 bridgehead atoms. The Labute approximate surface area is 227 Å². The second-order valence-electron chi connectivity index (χ2n) is 8.12. The Hall–Kier alpha value is -3.62. The normalized spacial score (nSPS) is 11.2. The largest absolute Gasteiger partial charge is 0.401 e. The van der Waals surface area contributed by atoms with Crippen LogP contribution in [0.25, 0.3) is 15.7 Å². The van der Waals surface area contributed by atoms with Gasteiger partial charge in [0.25, 0.3) is 0 Å². The zero-order valence-electron chi connectivity index (χ0n) is 22.0. The predicted octanol–water partition coefficient (Wildman–Crippen LogP) is 7.69. The quantitative estimate of drug-likeness (QED) is 0.174. The second-order valence-corrected chi connectivity index (χ2v) is 10.0. The molecule has 194 valence electrons. The Bertz CT molecular complexity index is 1280. The summed E-state index contributed by atoms with van der Waals surface area (Å²) in [7, 11) is 0. The third kappa shape index (κ3) is 9.74. The monoisotopic (exact) mass is 533 g/mol. The summed E-state index contributed by atoms with van der Waals surface area (Å²) in [6, 6.07) is 14.5. The van der Waals surface area contributed by atoms with Crippen molar-refractivity contribution in [2.75, 3.05) is 5.32 Å². The van der Waals surface area contributed by atoms with Gasteiger partial charge in [-0.1, -0.05) is 49.4 Å². The van der Waals surface area contributed by atoms with Crippen LogP contribution < -0.4 is 11.1 Å². The SMILES string of the molecule is CC(=O)Nc1nc(C)c(C)c(C)n1.CC/C=C\C(=C(\N)CC=N)c1cc2ccccc2s1.c1ccsc1. The summed E-state index contributed by atoms with van der Waals surface area (Å²) in [5.41, 5.74) is 10.8. The number of nitrogens with two attached hydrogens (primary N) is 1. The molecule has 0 aliphatic carbocycles. The zero-order valence-corrected chi connectivity index (χ0v) is 23.7. The summed E-state index contributed by atoms with van der Waals surface area (Å²) in [6.07, 6.45) is 7.01. The van der Waals surface area contributed by atoms with Gasteiger partial charge < -0.3 is 11.1 Å². The van der Waals surface area contributed by atoms with Crippen LogP contribution in [0.1, 0.15) is 48.5 Å². The maximum Gasteiger partial charge on any atom is 0.229 e. The van der Waals surface area contributed by atoms with E-state index in [0.717, 1.165) is 34.6 Å². The van der Waals surface area contributed by atoms with Crippen LogP contribution >= 0.6 is 22.7 Å². The molecule has 3 aromatic heterocycles. The van der Waals surface area contributed by atoms with Gasteiger partial charge >= 0.3 is 0 Å². The summed E-state index contributed by atoms with van der Waals surface area (Å²) < 4.78 is 1.27. The van der Waals surface area contributed by atoms with Gasteiger partial charge in [-0.15, -0.1) is 11.3 Å². The molecule has 8 heteroatoms. The minimum absolute atomic E-state index is 0.150. The van der Waals surface area contributed by atoms with Crippen molar-refractivity contribution in [1.82, 2.24) is 9.97 Å². The van der Waals surface area contributed by atoms with Crippen LogP contribution in [0.5, 0.6) is 0 Å². The number of anilines is 1. The van der Waals surface area contributed by atoms with E-state index in [0.29, 0.717) is 12.4 Å². The number of rotatable bonds is 6. The number of hydrogen-bond donors (Lipinski definition) is 3. The van der Waals surface area contributed by atoms with Crippen molar-refractivity contribution in [3.63, 3.8) is 0 Å². The maximum absolute atomic E-state index is 10.7. The van der Waals surface area contributed by atoms with Crippen LogP contribution in [0.4, 0.5) is 5.95 Å². The fourth-order valence-electron chi connectivity index (χ4n) is 3.13. The molecule has 4 N–H and O–H groups in total. The predicted molar refractivity (Wildman–Crippen MR) is 161 cm³/mol. The number of thiophene rings is 2. The van der Waals surface area contributed by atoms with E-state index in [1.54, 1.807) is 22.7 Å². The minimum Gasteiger partial charge on any atom is -0.401 e. The molecule has 0 spiro atoms. The van der Waals surface area contributed by atoms with Gasteiger partial charge in [0, 0.05) is 51.8 Å². The van der Waals surface area contributed by atoms with E-state index in [-0.39, 0.29) is 5.91 Å². The fourth-order valence-corrected chi connectivity index (χ4v) is 4.71. The molecule has 0 unspecified atom stereocenters. The Kier molecular flexibility index (Phi) is 12.4. The number of amides is 1. The van der Waals surface area contributed by atoms with Crippen LogP contribution in [-0.2, 0) is 4.79 Å². The third-order valence-corrected chi connectivity index (χ3v) is 7.00. The number of fused-ring (bicyclic) bond motifs is 1. The highest BCUT2D eigenvalue weighted by Crippen LogP contribution is 2.32. The molecule has 37 heavy (non-hydrogen) atoms. The number of benzene rings is 1. The van der Waals surface area contributed by atoms with Crippen molar-refractivity contribution < 1.29 is 4.79 Å². The van der Waals surface area contributed by atoms with Crippen molar-refractivity contribution in [2.24, 2.45) is 5.73 Å². The number of carbonyl (C=O) groups excluding carboxylic acids is 1. The van der Waals surface area contributed by atoms with Gasteiger partial charge in [-0.25, -0.2) is 9.97 Å². The molecule has 4 rings (SSSR count). The van der Waals surface area contributed by atoms with Gasteiger partial charge in [0.2, 0.25) is 11.9 Å². The molecule has 1 amide bonds. The number of hydrogen-bond acceptors (Lipinski definition) is 7. The maximum atomic E-state index is 10.7. The van der Waals surface area contributed by atoms with E-state index in [9.17, 15) is 4.79 Å². The van der Waals surface area contributed by atoms with Gasteiger partial charge in [0.1, 0.15) is 0 Å². The first-order valence-electron chi connectivity index (χ1n) is 12.0. The first-order valence-corrected chi connectivity index (χ1v) is 13.7. The Balaban J connectivity index is 0.000000229. The zero-order chi connectivity index (χ0) is 27.2. The smallest absolute Gasteiger partial charge is 0.229 e. The molecule has 0 radical (unpaired) electrons. The van der Waals surface area contributed by atoms with E-state index in [1.165, 1.54) is 28.1 Å². The molecular formula is C29H35N5OS2. The Morgan fingerprint density at radius 1 is 1.08 bits per heavy atom. The van der Waals surface area contributed by atoms with Crippen LogP contribution in [-0.4, -0.2) is 22.1 Å². The van der Waals surface area contributed by atoms with Gasteiger partial charge in [0.05, 0.1) is 0 Å². The highest BCUT2D eigenvalue weighted by atomic mass is 32.1.